The Labute approximate surface area is 166 Å². The van der Waals surface area contributed by atoms with Gasteiger partial charge in [0.15, 0.2) is 5.82 Å². The lowest BCUT2D eigenvalue weighted by molar-refractivity contribution is 0.237. The van der Waals surface area contributed by atoms with Crippen molar-refractivity contribution in [2.75, 3.05) is 0 Å². The number of hydrogen-bond donors (Lipinski definition) is 2. The molecule has 0 radical (unpaired) electrons. The Morgan fingerprint density at radius 3 is 2.39 bits per heavy atom. The molecule has 6 heteroatoms. The maximum atomic E-state index is 12.2. The average Bonchev–Trinajstić information content (AvgIpc) is 3.05. The number of benzene rings is 1. The molecule has 0 saturated heterocycles. The molecule has 0 spiro atoms. The van der Waals surface area contributed by atoms with Crippen molar-refractivity contribution in [1.82, 2.24) is 25.4 Å². The van der Waals surface area contributed by atoms with Gasteiger partial charge < -0.3 is 10.6 Å². The molecule has 2 aromatic heterocycles. The van der Waals surface area contributed by atoms with Crippen LogP contribution in [-0.2, 0) is 13.0 Å². The van der Waals surface area contributed by atoms with E-state index in [0.29, 0.717) is 6.54 Å². The topological polar surface area (TPSA) is 71.8 Å². The molecule has 0 aliphatic heterocycles. The van der Waals surface area contributed by atoms with Crippen molar-refractivity contribution in [1.29, 1.82) is 0 Å². The summed E-state index contributed by atoms with van der Waals surface area (Å²) < 4.78 is 1.81. The minimum atomic E-state index is -0.199. The molecule has 146 valence electrons. The first-order valence-electron chi connectivity index (χ1n) is 9.58. The molecule has 1 atom stereocenters. The molecule has 0 bridgehead atoms. The molecule has 0 aliphatic rings. The van der Waals surface area contributed by atoms with Gasteiger partial charge in [-0.2, -0.15) is 5.10 Å². The van der Waals surface area contributed by atoms with E-state index in [0.717, 1.165) is 34.8 Å². The smallest absolute Gasteiger partial charge is 0.315 e. The lowest BCUT2D eigenvalue weighted by Gasteiger charge is -2.15. The van der Waals surface area contributed by atoms with Crippen molar-refractivity contribution in [3.8, 4) is 5.82 Å². The molecule has 28 heavy (non-hydrogen) atoms. The molecular formula is C22H27N5O. The van der Waals surface area contributed by atoms with Crippen LogP contribution < -0.4 is 10.6 Å². The van der Waals surface area contributed by atoms with Crippen molar-refractivity contribution in [3.63, 3.8) is 0 Å². The van der Waals surface area contributed by atoms with Crippen LogP contribution in [0.3, 0.4) is 0 Å². The van der Waals surface area contributed by atoms with E-state index in [1.54, 1.807) is 6.20 Å². The number of rotatable bonds is 6. The quantitative estimate of drug-likeness (QED) is 0.682. The summed E-state index contributed by atoms with van der Waals surface area (Å²) in [6.07, 6.45) is 2.77. The molecule has 6 nitrogen and oxygen atoms in total. The van der Waals surface area contributed by atoms with Crippen molar-refractivity contribution < 1.29 is 4.79 Å². The van der Waals surface area contributed by atoms with Crippen LogP contribution in [-0.4, -0.2) is 20.8 Å². The fourth-order valence-corrected chi connectivity index (χ4v) is 3.06. The van der Waals surface area contributed by atoms with Crippen LogP contribution in [0.5, 0.6) is 0 Å². The Kier molecular flexibility index (Phi) is 6.09. The zero-order chi connectivity index (χ0) is 20.1. The maximum Gasteiger partial charge on any atom is 0.315 e. The third-order valence-electron chi connectivity index (χ3n) is 4.72. The minimum Gasteiger partial charge on any atom is -0.334 e. The van der Waals surface area contributed by atoms with Crippen LogP contribution in [0.4, 0.5) is 4.79 Å². The second-order valence-corrected chi connectivity index (χ2v) is 7.01. The molecule has 2 amide bonds. The Morgan fingerprint density at radius 1 is 1.11 bits per heavy atom. The fourth-order valence-electron chi connectivity index (χ4n) is 3.06. The van der Waals surface area contributed by atoms with Gasteiger partial charge >= 0.3 is 6.03 Å². The normalized spacial score (nSPS) is 11.9. The highest BCUT2D eigenvalue weighted by Gasteiger charge is 2.10. The Balaban J connectivity index is 1.53. The number of urea groups is 1. The molecule has 0 fully saturated rings. The van der Waals surface area contributed by atoms with Crippen molar-refractivity contribution in [3.05, 3.63) is 76.7 Å². The maximum absolute atomic E-state index is 12.2. The number of pyridine rings is 1. The second kappa shape index (κ2) is 8.69. The van der Waals surface area contributed by atoms with E-state index >= 15 is 0 Å². The van der Waals surface area contributed by atoms with E-state index in [9.17, 15) is 4.79 Å². The van der Waals surface area contributed by atoms with E-state index in [1.165, 1.54) is 5.56 Å². The summed E-state index contributed by atoms with van der Waals surface area (Å²) in [7, 11) is 0. The summed E-state index contributed by atoms with van der Waals surface area (Å²) in [6.45, 7) is 8.48. The van der Waals surface area contributed by atoms with E-state index in [2.05, 4.69) is 51.9 Å². The van der Waals surface area contributed by atoms with Crippen molar-refractivity contribution in [2.24, 2.45) is 0 Å². The summed E-state index contributed by atoms with van der Waals surface area (Å²) in [6, 6.07) is 13.9. The molecule has 2 heterocycles. The predicted octanol–water partition coefficient (Wildman–Crippen LogP) is 4.01. The first kappa shape index (κ1) is 19.6. The number of nitrogens with one attached hydrogen (secondary N) is 2. The van der Waals surface area contributed by atoms with Gasteiger partial charge in [0.25, 0.3) is 0 Å². The Bertz CT molecular complexity index is 929. The number of hydrogen-bond acceptors (Lipinski definition) is 3. The van der Waals surface area contributed by atoms with Gasteiger partial charge in [-0.15, -0.1) is 0 Å². The minimum absolute atomic E-state index is 0.0579. The number of amides is 2. The molecule has 1 aromatic carbocycles. The van der Waals surface area contributed by atoms with E-state index in [4.69, 9.17) is 0 Å². The summed E-state index contributed by atoms with van der Waals surface area (Å²) >= 11 is 0. The molecule has 3 aromatic rings. The fraction of sp³-hybridized carbons (Fsp3) is 0.318. The van der Waals surface area contributed by atoms with Crippen molar-refractivity contribution >= 4 is 6.03 Å². The van der Waals surface area contributed by atoms with Gasteiger partial charge in [-0.1, -0.05) is 37.3 Å². The monoisotopic (exact) mass is 377 g/mol. The van der Waals surface area contributed by atoms with Crippen LogP contribution in [0.2, 0.25) is 0 Å². The van der Waals surface area contributed by atoms with E-state index < -0.39 is 0 Å². The van der Waals surface area contributed by atoms with Gasteiger partial charge in [0.2, 0.25) is 0 Å². The molecule has 3 rings (SSSR count). The van der Waals surface area contributed by atoms with Crippen LogP contribution in [0, 0.1) is 13.8 Å². The van der Waals surface area contributed by atoms with E-state index in [1.807, 2.05) is 43.7 Å². The lowest BCUT2D eigenvalue weighted by Crippen LogP contribution is -2.36. The predicted molar refractivity (Wildman–Crippen MR) is 110 cm³/mol. The van der Waals surface area contributed by atoms with Gasteiger partial charge in [-0.05, 0) is 56.0 Å². The standard InChI is InChI=1S/C22H27N5O/c1-5-18-6-9-20(10-7-18)17(4)25-22(28)24-14-19-8-11-21(23-13-19)27-16(3)12-15(2)26-27/h6-13,17H,5,14H2,1-4H3,(H2,24,25,28). The molecule has 2 N–H and O–H groups in total. The molecule has 0 saturated carbocycles. The van der Waals surface area contributed by atoms with Gasteiger partial charge in [-0.25, -0.2) is 14.5 Å². The summed E-state index contributed by atoms with van der Waals surface area (Å²) in [4.78, 5) is 16.7. The number of aryl methyl sites for hydroxylation is 3. The Morgan fingerprint density at radius 2 is 1.82 bits per heavy atom. The number of aromatic nitrogens is 3. The number of carbonyl (C=O) groups excluding carboxylic acids is 1. The molecule has 1 unspecified atom stereocenters. The van der Waals surface area contributed by atoms with Crippen molar-refractivity contribution in [2.45, 2.75) is 46.7 Å². The van der Waals surface area contributed by atoms with Gasteiger partial charge in [0.1, 0.15) is 0 Å². The SMILES string of the molecule is CCc1ccc(C(C)NC(=O)NCc2ccc(-n3nc(C)cc3C)nc2)cc1. The number of nitrogens with zero attached hydrogens (tertiary/aromatic N) is 3. The Hall–Kier alpha value is -3.15. The first-order chi connectivity index (χ1) is 13.5. The number of carbonyl (C=O) groups is 1. The molecule has 0 aliphatic carbocycles. The zero-order valence-corrected chi connectivity index (χ0v) is 16.9. The highest BCUT2D eigenvalue weighted by Crippen LogP contribution is 2.14. The lowest BCUT2D eigenvalue weighted by atomic mass is 10.1. The van der Waals surface area contributed by atoms with Gasteiger partial charge in [0, 0.05) is 18.4 Å². The second-order valence-electron chi connectivity index (χ2n) is 7.01. The summed E-state index contributed by atoms with van der Waals surface area (Å²) in [5.41, 5.74) is 5.30. The van der Waals surface area contributed by atoms with Crippen LogP contribution in [0.25, 0.3) is 5.82 Å². The highest BCUT2D eigenvalue weighted by atomic mass is 16.2. The zero-order valence-electron chi connectivity index (χ0n) is 16.9. The van der Waals surface area contributed by atoms with Crippen LogP contribution >= 0.6 is 0 Å². The third-order valence-corrected chi connectivity index (χ3v) is 4.72. The third kappa shape index (κ3) is 4.76. The summed E-state index contributed by atoms with van der Waals surface area (Å²) in [5.74, 6) is 0.767. The van der Waals surface area contributed by atoms with Gasteiger partial charge in [-0.3, -0.25) is 0 Å². The van der Waals surface area contributed by atoms with E-state index in [-0.39, 0.29) is 12.1 Å². The summed E-state index contributed by atoms with van der Waals surface area (Å²) in [5, 5.41) is 10.3. The molecular weight excluding hydrogens is 350 g/mol. The van der Waals surface area contributed by atoms with Gasteiger partial charge in [0.05, 0.1) is 11.7 Å². The first-order valence-corrected chi connectivity index (χ1v) is 9.58. The van der Waals surface area contributed by atoms with Crippen LogP contribution in [0.15, 0.2) is 48.7 Å². The highest BCUT2D eigenvalue weighted by molar-refractivity contribution is 5.74. The van der Waals surface area contributed by atoms with Crippen LogP contribution in [0.1, 0.15) is 48.0 Å². The average molecular weight is 377 g/mol. The largest absolute Gasteiger partial charge is 0.334 e.